The Hall–Kier alpha value is -1.36. The third-order valence-corrected chi connectivity index (χ3v) is 2.29. The van der Waals surface area contributed by atoms with Crippen molar-refractivity contribution in [3.63, 3.8) is 0 Å². The summed E-state index contributed by atoms with van der Waals surface area (Å²) >= 11 is 0. The molecule has 14 heavy (non-hydrogen) atoms. The molecule has 0 unspecified atom stereocenters. The summed E-state index contributed by atoms with van der Waals surface area (Å²) in [5, 5.41) is 6.20. The van der Waals surface area contributed by atoms with E-state index in [-0.39, 0.29) is 5.56 Å². The van der Waals surface area contributed by atoms with Crippen LogP contribution in [0.1, 0.15) is 18.2 Å². The molecule has 0 aromatic carbocycles. The van der Waals surface area contributed by atoms with Gasteiger partial charge in [-0.3, -0.25) is 9.78 Å². The molecular formula is C9H14N4O. The molecule has 2 rings (SSSR count). The number of anilines is 1. The van der Waals surface area contributed by atoms with Crippen LogP contribution in [0.4, 0.5) is 5.95 Å². The van der Waals surface area contributed by atoms with E-state index in [0.717, 1.165) is 30.8 Å². The summed E-state index contributed by atoms with van der Waals surface area (Å²) < 4.78 is 0. The molecule has 1 aliphatic heterocycles. The van der Waals surface area contributed by atoms with Crippen LogP contribution in [-0.2, 0) is 13.0 Å². The highest BCUT2D eigenvalue weighted by atomic mass is 16.1. The fourth-order valence-corrected chi connectivity index (χ4v) is 1.62. The van der Waals surface area contributed by atoms with E-state index in [1.165, 1.54) is 0 Å². The smallest absolute Gasteiger partial charge is 0.255 e. The number of nitrogens with one attached hydrogen (secondary N) is 3. The Morgan fingerprint density at radius 1 is 1.57 bits per heavy atom. The fourth-order valence-electron chi connectivity index (χ4n) is 1.62. The van der Waals surface area contributed by atoms with Crippen LogP contribution in [0.25, 0.3) is 0 Å². The van der Waals surface area contributed by atoms with Crippen LogP contribution in [0, 0.1) is 0 Å². The zero-order chi connectivity index (χ0) is 9.97. The Labute approximate surface area is 82.0 Å². The highest BCUT2D eigenvalue weighted by molar-refractivity contribution is 5.30. The van der Waals surface area contributed by atoms with Gasteiger partial charge in [0, 0.05) is 18.7 Å². The summed E-state index contributed by atoms with van der Waals surface area (Å²) in [6.45, 7) is 4.28. The lowest BCUT2D eigenvalue weighted by molar-refractivity contribution is 0.619. The van der Waals surface area contributed by atoms with E-state index in [1.54, 1.807) is 0 Å². The largest absolute Gasteiger partial charge is 0.356 e. The quantitative estimate of drug-likeness (QED) is 0.612. The Balaban J connectivity index is 2.41. The molecule has 1 aromatic rings. The Morgan fingerprint density at radius 3 is 3.21 bits per heavy atom. The van der Waals surface area contributed by atoms with Crippen LogP contribution in [-0.4, -0.2) is 23.1 Å². The maximum atomic E-state index is 11.6. The Morgan fingerprint density at radius 2 is 2.43 bits per heavy atom. The summed E-state index contributed by atoms with van der Waals surface area (Å²) in [4.78, 5) is 18.7. The molecule has 0 spiro atoms. The van der Waals surface area contributed by atoms with E-state index in [4.69, 9.17) is 0 Å². The van der Waals surface area contributed by atoms with Crippen molar-refractivity contribution in [2.24, 2.45) is 0 Å². The molecule has 2 heterocycles. The van der Waals surface area contributed by atoms with Gasteiger partial charge >= 0.3 is 0 Å². The molecule has 0 fully saturated rings. The zero-order valence-electron chi connectivity index (χ0n) is 8.18. The van der Waals surface area contributed by atoms with Crippen molar-refractivity contribution in [3.05, 3.63) is 21.6 Å². The number of fused-ring (bicyclic) bond motifs is 1. The summed E-state index contributed by atoms with van der Waals surface area (Å²) in [6.07, 6.45) is 0.768. The third-order valence-electron chi connectivity index (χ3n) is 2.29. The van der Waals surface area contributed by atoms with E-state index >= 15 is 0 Å². The number of hydrogen-bond donors (Lipinski definition) is 3. The number of hydrogen-bond acceptors (Lipinski definition) is 4. The second-order valence-corrected chi connectivity index (χ2v) is 3.30. The minimum absolute atomic E-state index is 0.00699. The van der Waals surface area contributed by atoms with Crippen molar-refractivity contribution < 1.29 is 0 Å². The minimum atomic E-state index is -0.00699. The van der Waals surface area contributed by atoms with Gasteiger partial charge in [-0.2, -0.15) is 0 Å². The molecular weight excluding hydrogens is 180 g/mol. The highest BCUT2D eigenvalue weighted by Crippen LogP contribution is 2.07. The first kappa shape index (κ1) is 9.21. The fraction of sp³-hybridized carbons (Fsp3) is 0.556. The number of aromatic amines is 1. The Bertz CT molecular complexity index is 385. The van der Waals surface area contributed by atoms with Crippen LogP contribution in [0.15, 0.2) is 4.79 Å². The van der Waals surface area contributed by atoms with Crippen molar-refractivity contribution in [2.45, 2.75) is 19.9 Å². The van der Waals surface area contributed by atoms with Gasteiger partial charge in [-0.1, -0.05) is 0 Å². The van der Waals surface area contributed by atoms with Crippen molar-refractivity contribution in [1.29, 1.82) is 0 Å². The van der Waals surface area contributed by atoms with Gasteiger partial charge in [0.25, 0.3) is 5.56 Å². The maximum absolute atomic E-state index is 11.6. The first-order chi connectivity index (χ1) is 6.81. The van der Waals surface area contributed by atoms with E-state index in [2.05, 4.69) is 20.6 Å². The monoisotopic (exact) mass is 194 g/mol. The Kier molecular flexibility index (Phi) is 2.49. The first-order valence-corrected chi connectivity index (χ1v) is 4.88. The van der Waals surface area contributed by atoms with Crippen molar-refractivity contribution in [3.8, 4) is 0 Å². The maximum Gasteiger partial charge on any atom is 0.255 e. The summed E-state index contributed by atoms with van der Waals surface area (Å²) in [5.74, 6) is 0.569. The molecule has 0 saturated heterocycles. The molecule has 0 bridgehead atoms. The van der Waals surface area contributed by atoms with Gasteiger partial charge in [-0.15, -0.1) is 0 Å². The van der Waals surface area contributed by atoms with Crippen LogP contribution < -0.4 is 16.2 Å². The van der Waals surface area contributed by atoms with Gasteiger partial charge < -0.3 is 10.6 Å². The van der Waals surface area contributed by atoms with Gasteiger partial charge in [0.05, 0.1) is 5.69 Å². The minimum Gasteiger partial charge on any atom is -0.356 e. The normalized spacial score (nSPS) is 14.9. The van der Waals surface area contributed by atoms with Crippen molar-refractivity contribution in [1.82, 2.24) is 15.3 Å². The SMILES string of the molecule is CCNc1nc2c(c(=O)[nH]1)CCNC2. The second kappa shape index (κ2) is 3.79. The molecule has 0 atom stereocenters. The molecule has 76 valence electrons. The number of rotatable bonds is 2. The van der Waals surface area contributed by atoms with Crippen LogP contribution in [0.2, 0.25) is 0 Å². The average Bonchev–Trinajstić information content (AvgIpc) is 2.18. The molecule has 1 aliphatic rings. The predicted molar refractivity (Wildman–Crippen MR) is 54.4 cm³/mol. The van der Waals surface area contributed by atoms with E-state index in [1.807, 2.05) is 6.92 Å². The second-order valence-electron chi connectivity index (χ2n) is 3.30. The number of H-pyrrole nitrogens is 1. The average molecular weight is 194 g/mol. The molecule has 0 amide bonds. The lowest BCUT2D eigenvalue weighted by Gasteiger charge is -2.15. The molecule has 0 aliphatic carbocycles. The molecule has 3 N–H and O–H groups in total. The third kappa shape index (κ3) is 1.63. The van der Waals surface area contributed by atoms with Crippen LogP contribution in [0.5, 0.6) is 0 Å². The molecule has 5 nitrogen and oxygen atoms in total. The summed E-state index contributed by atoms with van der Waals surface area (Å²) in [7, 11) is 0. The van der Waals surface area contributed by atoms with Crippen LogP contribution >= 0.6 is 0 Å². The predicted octanol–water partition coefficient (Wildman–Crippen LogP) is -0.153. The van der Waals surface area contributed by atoms with E-state index in [9.17, 15) is 4.79 Å². The highest BCUT2D eigenvalue weighted by Gasteiger charge is 2.14. The lowest BCUT2D eigenvalue weighted by Crippen LogP contribution is -2.31. The zero-order valence-corrected chi connectivity index (χ0v) is 8.18. The molecule has 0 saturated carbocycles. The number of aromatic nitrogens is 2. The van der Waals surface area contributed by atoms with Crippen LogP contribution in [0.3, 0.4) is 0 Å². The summed E-state index contributed by atoms with van der Waals surface area (Å²) in [5.41, 5.74) is 1.69. The lowest BCUT2D eigenvalue weighted by atomic mass is 10.1. The standard InChI is InChI=1S/C9H14N4O/c1-2-11-9-12-7-5-10-4-3-6(7)8(14)13-9/h10H,2-5H2,1H3,(H2,11,12,13,14). The molecule has 1 aromatic heterocycles. The van der Waals surface area contributed by atoms with Crippen molar-refractivity contribution >= 4 is 5.95 Å². The van der Waals surface area contributed by atoms with Gasteiger partial charge in [0.15, 0.2) is 0 Å². The molecule has 5 heteroatoms. The van der Waals surface area contributed by atoms with Gasteiger partial charge in [0.2, 0.25) is 5.95 Å². The van der Waals surface area contributed by atoms with E-state index in [0.29, 0.717) is 12.5 Å². The topological polar surface area (TPSA) is 69.8 Å². The van der Waals surface area contributed by atoms with Gasteiger partial charge in [-0.05, 0) is 19.9 Å². The van der Waals surface area contributed by atoms with Gasteiger partial charge in [-0.25, -0.2) is 4.98 Å². The van der Waals surface area contributed by atoms with Gasteiger partial charge in [0.1, 0.15) is 0 Å². The van der Waals surface area contributed by atoms with E-state index < -0.39 is 0 Å². The molecule has 0 radical (unpaired) electrons. The summed E-state index contributed by atoms with van der Waals surface area (Å²) in [6, 6.07) is 0. The number of nitrogens with zero attached hydrogens (tertiary/aromatic N) is 1. The van der Waals surface area contributed by atoms with Crippen molar-refractivity contribution in [2.75, 3.05) is 18.4 Å². The first-order valence-electron chi connectivity index (χ1n) is 4.88.